The molecular weight excluding hydrogens is 422 g/mol. The normalized spacial score (nSPS) is 16.8. The van der Waals surface area contributed by atoms with E-state index in [1.807, 2.05) is 52.2 Å². The molecular formula is C25H22F2N6. The van der Waals surface area contributed by atoms with Crippen LogP contribution in [0.1, 0.15) is 24.0 Å². The van der Waals surface area contributed by atoms with Gasteiger partial charge >= 0.3 is 0 Å². The van der Waals surface area contributed by atoms with Crippen molar-refractivity contribution in [2.24, 2.45) is 4.99 Å². The first-order valence-electron chi connectivity index (χ1n) is 11.0. The van der Waals surface area contributed by atoms with Gasteiger partial charge in [-0.15, -0.1) is 0 Å². The van der Waals surface area contributed by atoms with E-state index in [0.29, 0.717) is 25.5 Å². The van der Waals surface area contributed by atoms with Crippen molar-refractivity contribution >= 4 is 29.1 Å². The van der Waals surface area contributed by atoms with Crippen molar-refractivity contribution in [1.82, 2.24) is 14.4 Å². The first kappa shape index (κ1) is 19.8. The van der Waals surface area contributed by atoms with Crippen LogP contribution in [0.2, 0.25) is 0 Å². The molecule has 0 bridgehead atoms. The van der Waals surface area contributed by atoms with Crippen LogP contribution in [0.4, 0.5) is 26.0 Å². The molecule has 1 fully saturated rings. The van der Waals surface area contributed by atoms with Gasteiger partial charge in [0.25, 0.3) is 5.92 Å². The number of aromatic nitrogens is 3. The van der Waals surface area contributed by atoms with Gasteiger partial charge in [-0.3, -0.25) is 4.99 Å². The quantitative estimate of drug-likeness (QED) is 0.464. The van der Waals surface area contributed by atoms with Crippen LogP contribution in [0, 0.1) is 0 Å². The first-order valence-corrected chi connectivity index (χ1v) is 11.0. The zero-order chi connectivity index (χ0) is 22.4. The van der Waals surface area contributed by atoms with Crippen molar-refractivity contribution in [2.75, 3.05) is 23.3 Å². The Bertz CT molecular complexity index is 1350. The van der Waals surface area contributed by atoms with E-state index in [1.165, 1.54) is 5.56 Å². The van der Waals surface area contributed by atoms with Crippen LogP contribution in [-0.4, -0.2) is 39.6 Å². The maximum absolute atomic E-state index is 13.5. The number of nitrogens with zero attached hydrogens (tertiary/aromatic N) is 5. The monoisotopic (exact) mass is 444 g/mol. The van der Waals surface area contributed by atoms with Gasteiger partial charge in [0.2, 0.25) is 0 Å². The number of benzene rings is 2. The number of alkyl halides is 2. The number of fused-ring (bicyclic) bond motifs is 2. The number of imidazole rings is 1. The highest BCUT2D eigenvalue weighted by molar-refractivity contribution is 5.86. The number of nitrogens with one attached hydrogen (secondary N) is 1. The predicted octanol–water partition coefficient (Wildman–Crippen LogP) is 5.31. The Kier molecular flexibility index (Phi) is 4.60. The van der Waals surface area contributed by atoms with Crippen molar-refractivity contribution in [2.45, 2.75) is 25.3 Å². The summed E-state index contributed by atoms with van der Waals surface area (Å²) in [4.78, 5) is 15.7. The standard InChI is InChI=1S/C25H22F2N6/c26-25(27)7-10-32(11-8-25)21-5-3-20(4-6-21)30-23-24-29-9-12-33(24)16-22(31-23)17-1-2-18-14-28-15-19(18)13-17/h1-6,9,12-14,16H,7-8,10-11,15H2,(H,30,31). The maximum Gasteiger partial charge on any atom is 0.251 e. The van der Waals surface area contributed by atoms with Crippen LogP contribution in [0.25, 0.3) is 16.9 Å². The summed E-state index contributed by atoms with van der Waals surface area (Å²) in [6.07, 6.45) is 7.32. The van der Waals surface area contributed by atoms with Gasteiger partial charge in [-0.25, -0.2) is 18.7 Å². The van der Waals surface area contributed by atoms with E-state index in [-0.39, 0.29) is 12.8 Å². The highest BCUT2D eigenvalue weighted by Gasteiger charge is 2.34. The molecule has 2 aromatic heterocycles. The zero-order valence-electron chi connectivity index (χ0n) is 17.9. The van der Waals surface area contributed by atoms with E-state index in [1.54, 1.807) is 6.20 Å². The molecule has 6 rings (SSSR count). The number of aliphatic imine (C=N–C) groups is 1. The lowest BCUT2D eigenvalue weighted by Crippen LogP contribution is -2.39. The summed E-state index contributed by atoms with van der Waals surface area (Å²) in [5.41, 5.74) is 6.74. The third-order valence-corrected chi connectivity index (χ3v) is 6.29. The van der Waals surface area contributed by atoms with E-state index < -0.39 is 5.92 Å². The molecule has 1 saturated heterocycles. The lowest BCUT2D eigenvalue weighted by molar-refractivity contribution is -0.0220. The Balaban J connectivity index is 1.27. The van der Waals surface area contributed by atoms with Gasteiger partial charge in [-0.1, -0.05) is 12.1 Å². The van der Waals surface area contributed by atoms with Crippen molar-refractivity contribution in [3.8, 4) is 11.3 Å². The summed E-state index contributed by atoms with van der Waals surface area (Å²) in [6.45, 7) is 1.43. The van der Waals surface area contributed by atoms with Crippen molar-refractivity contribution in [3.63, 3.8) is 0 Å². The second-order valence-corrected chi connectivity index (χ2v) is 8.53. The Morgan fingerprint density at radius 3 is 2.64 bits per heavy atom. The molecule has 2 aromatic carbocycles. The fourth-order valence-electron chi connectivity index (χ4n) is 4.41. The van der Waals surface area contributed by atoms with E-state index in [9.17, 15) is 8.78 Å². The number of hydrogen-bond donors (Lipinski definition) is 1. The molecule has 1 N–H and O–H groups in total. The highest BCUT2D eigenvalue weighted by atomic mass is 19.3. The molecule has 4 aromatic rings. The lowest BCUT2D eigenvalue weighted by Gasteiger charge is -2.33. The molecule has 2 aliphatic rings. The van der Waals surface area contributed by atoms with E-state index in [2.05, 4.69) is 33.5 Å². The summed E-state index contributed by atoms with van der Waals surface area (Å²) >= 11 is 0. The SMILES string of the molecule is FC1(F)CCN(c2ccc(Nc3nc(-c4ccc5c(c4)CN=C5)cn4ccnc34)cc2)CC1. The van der Waals surface area contributed by atoms with Gasteiger partial charge in [0, 0.05) is 67.7 Å². The van der Waals surface area contributed by atoms with Crippen molar-refractivity contribution in [3.05, 3.63) is 72.2 Å². The molecule has 8 heteroatoms. The van der Waals surface area contributed by atoms with Crippen molar-refractivity contribution < 1.29 is 8.78 Å². The minimum absolute atomic E-state index is 0.101. The summed E-state index contributed by atoms with van der Waals surface area (Å²) in [7, 11) is 0. The van der Waals surface area contributed by atoms with E-state index in [0.717, 1.165) is 33.8 Å². The van der Waals surface area contributed by atoms with Gasteiger partial charge in [0.15, 0.2) is 11.5 Å². The average molecular weight is 444 g/mol. The number of piperidine rings is 1. The second-order valence-electron chi connectivity index (χ2n) is 8.53. The van der Waals surface area contributed by atoms with Crippen LogP contribution >= 0.6 is 0 Å². The molecule has 4 heterocycles. The number of halogens is 2. The number of hydrogen-bond acceptors (Lipinski definition) is 5. The van der Waals surface area contributed by atoms with Crippen LogP contribution < -0.4 is 10.2 Å². The predicted molar refractivity (Wildman–Crippen MR) is 126 cm³/mol. The molecule has 2 aliphatic heterocycles. The average Bonchev–Trinajstić information content (AvgIpc) is 3.48. The Morgan fingerprint density at radius 1 is 1.00 bits per heavy atom. The molecule has 6 nitrogen and oxygen atoms in total. The Labute approximate surface area is 189 Å². The van der Waals surface area contributed by atoms with E-state index >= 15 is 0 Å². The van der Waals surface area contributed by atoms with Crippen LogP contribution in [-0.2, 0) is 6.54 Å². The smallest absolute Gasteiger partial charge is 0.251 e. The molecule has 0 atom stereocenters. The molecule has 0 radical (unpaired) electrons. The van der Waals surface area contributed by atoms with Crippen LogP contribution in [0.15, 0.2) is 66.0 Å². The third-order valence-electron chi connectivity index (χ3n) is 6.29. The third kappa shape index (κ3) is 3.82. The Morgan fingerprint density at radius 2 is 1.82 bits per heavy atom. The van der Waals surface area contributed by atoms with E-state index in [4.69, 9.17) is 4.98 Å². The maximum atomic E-state index is 13.5. The van der Waals surface area contributed by atoms with Crippen LogP contribution in [0.3, 0.4) is 0 Å². The topological polar surface area (TPSA) is 57.8 Å². The Hall–Kier alpha value is -3.81. The molecule has 0 spiro atoms. The van der Waals surface area contributed by atoms with Crippen molar-refractivity contribution in [1.29, 1.82) is 0 Å². The fourth-order valence-corrected chi connectivity index (χ4v) is 4.41. The second kappa shape index (κ2) is 7.65. The first-order chi connectivity index (χ1) is 16.0. The largest absolute Gasteiger partial charge is 0.371 e. The summed E-state index contributed by atoms with van der Waals surface area (Å²) < 4.78 is 28.9. The molecule has 0 unspecified atom stereocenters. The summed E-state index contributed by atoms with van der Waals surface area (Å²) in [5, 5.41) is 3.38. The summed E-state index contributed by atoms with van der Waals surface area (Å²) in [6, 6.07) is 14.1. The van der Waals surface area contributed by atoms with Gasteiger partial charge in [0.1, 0.15) is 0 Å². The number of anilines is 3. The summed E-state index contributed by atoms with van der Waals surface area (Å²) in [5.74, 6) is -1.89. The molecule has 0 saturated carbocycles. The minimum atomic E-state index is -2.55. The molecule has 0 amide bonds. The lowest BCUT2D eigenvalue weighted by atomic mass is 10.0. The molecule has 33 heavy (non-hydrogen) atoms. The molecule has 166 valence electrons. The minimum Gasteiger partial charge on any atom is -0.371 e. The highest BCUT2D eigenvalue weighted by Crippen LogP contribution is 2.32. The fraction of sp³-hybridized carbons (Fsp3) is 0.240. The van der Waals surface area contributed by atoms with Gasteiger partial charge in [-0.2, -0.15) is 0 Å². The molecule has 0 aliphatic carbocycles. The number of rotatable bonds is 4. The van der Waals surface area contributed by atoms with Gasteiger partial charge in [-0.05, 0) is 41.5 Å². The van der Waals surface area contributed by atoms with Crippen LogP contribution in [0.5, 0.6) is 0 Å². The van der Waals surface area contributed by atoms with Gasteiger partial charge in [0.05, 0.1) is 12.2 Å². The van der Waals surface area contributed by atoms with Gasteiger partial charge < -0.3 is 14.6 Å². The zero-order valence-corrected chi connectivity index (χ0v) is 17.9.